The van der Waals surface area contributed by atoms with E-state index >= 15 is 0 Å². The molecule has 0 aliphatic carbocycles. The average Bonchev–Trinajstić information content (AvgIpc) is 3.02. The Labute approximate surface area is 283 Å². The number of aliphatic hydroxyl groups is 1. The van der Waals surface area contributed by atoms with Gasteiger partial charge in [-0.3, -0.25) is 14.5 Å². The molecular weight excluding hydrogens is 625 g/mol. The Bertz CT molecular complexity index is 1310. The van der Waals surface area contributed by atoms with Gasteiger partial charge in [-0.2, -0.15) is 13.2 Å². The van der Waals surface area contributed by atoms with Gasteiger partial charge in [-0.15, -0.1) is 0 Å². The number of rotatable bonds is 11. The molecule has 0 fully saturated rings. The SMILES string of the molecule is C[C@@H]1CCCCO[C@H](CN(C)Cc2ccc(C(F)(F)F)cc2)[C@@H](C)CN([C@H](C)CO)C(=O)c2cc(NC(=O)CCCN(C)C)ccc2O1. The number of alkyl halides is 3. The maximum atomic E-state index is 14.3. The molecule has 0 unspecified atom stereocenters. The molecule has 2 N–H and O–H groups in total. The number of hydrogen-bond acceptors (Lipinski definition) is 7. The number of nitrogens with one attached hydrogen (secondary N) is 1. The van der Waals surface area contributed by atoms with Gasteiger partial charge in [-0.25, -0.2) is 0 Å². The van der Waals surface area contributed by atoms with Gasteiger partial charge >= 0.3 is 6.18 Å². The molecule has 2 aromatic carbocycles. The van der Waals surface area contributed by atoms with Crippen LogP contribution in [0.3, 0.4) is 0 Å². The lowest BCUT2D eigenvalue weighted by molar-refractivity contribution is -0.137. The van der Waals surface area contributed by atoms with Crippen molar-refractivity contribution in [1.29, 1.82) is 0 Å². The number of carbonyl (C=O) groups is 2. The minimum absolute atomic E-state index is 0.144. The van der Waals surface area contributed by atoms with Crippen molar-refractivity contribution in [1.82, 2.24) is 14.7 Å². The topological polar surface area (TPSA) is 94.6 Å². The zero-order chi connectivity index (χ0) is 35.4. The van der Waals surface area contributed by atoms with Gasteiger partial charge in [0.25, 0.3) is 5.91 Å². The molecular formula is C36H53F3N4O5. The van der Waals surface area contributed by atoms with Gasteiger partial charge in [0, 0.05) is 44.3 Å². The molecule has 0 saturated heterocycles. The first-order valence-corrected chi connectivity index (χ1v) is 16.8. The maximum Gasteiger partial charge on any atom is 0.416 e. The zero-order valence-electron chi connectivity index (χ0n) is 29.2. The fourth-order valence-electron chi connectivity index (χ4n) is 5.72. The number of hydrogen-bond donors (Lipinski definition) is 2. The van der Waals surface area contributed by atoms with Gasteiger partial charge < -0.3 is 29.7 Å². The molecule has 2 aromatic rings. The lowest BCUT2D eigenvalue weighted by atomic mass is 10.0. The van der Waals surface area contributed by atoms with Crippen LogP contribution < -0.4 is 10.1 Å². The van der Waals surface area contributed by atoms with Crippen LogP contribution in [0.4, 0.5) is 18.9 Å². The predicted octanol–water partition coefficient (Wildman–Crippen LogP) is 5.91. The molecule has 0 bridgehead atoms. The summed E-state index contributed by atoms with van der Waals surface area (Å²) in [6.45, 7) is 7.94. The molecule has 2 amide bonds. The standard InChI is InChI=1S/C36H53F3N4O5/c1-25-21-43(26(2)24-44)35(46)31-20-30(40-34(45)11-9-18-41(4)5)16-17-32(31)48-27(3)10-7-8-19-47-33(25)23-42(6)22-28-12-14-29(15-13-28)36(37,38)39/h12-17,20,25-27,33,44H,7-11,18-19,21-24H2,1-6H3,(H,40,45)/t25-,26+,27+,33+/m0/s1. The van der Waals surface area contributed by atoms with E-state index in [-0.39, 0.29) is 43.1 Å². The summed E-state index contributed by atoms with van der Waals surface area (Å²) in [5, 5.41) is 13.1. The smallest absolute Gasteiger partial charge is 0.416 e. The molecule has 0 saturated carbocycles. The summed E-state index contributed by atoms with van der Waals surface area (Å²) >= 11 is 0. The minimum atomic E-state index is -4.39. The summed E-state index contributed by atoms with van der Waals surface area (Å²) in [6, 6.07) is 9.75. The molecule has 1 aliphatic heterocycles. The minimum Gasteiger partial charge on any atom is -0.490 e. The molecule has 9 nitrogen and oxygen atoms in total. The third kappa shape index (κ3) is 12.4. The second-order valence-corrected chi connectivity index (χ2v) is 13.4. The number of carbonyl (C=O) groups excluding carboxylic acids is 2. The Hall–Kier alpha value is -3.19. The van der Waals surface area contributed by atoms with Crippen molar-refractivity contribution in [3.8, 4) is 5.75 Å². The third-order valence-corrected chi connectivity index (χ3v) is 8.57. The van der Waals surface area contributed by atoms with Crippen molar-refractivity contribution in [3.05, 3.63) is 59.2 Å². The number of likely N-dealkylation sites (N-methyl/N-ethyl adjacent to an activating group) is 1. The summed E-state index contributed by atoms with van der Waals surface area (Å²) in [5.41, 5.74) is 0.853. The van der Waals surface area contributed by atoms with E-state index in [1.165, 1.54) is 12.1 Å². The van der Waals surface area contributed by atoms with Gasteiger partial charge in [0.2, 0.25) is 5.91 Å². The second-order valence-electron chi connectivity index (χ2n) is 13.4. The van der Waals surface area contributed by atoms with E-state index in [9.17, 15) is 27.9 Å². The quantitative estimate of drug-likeness (QED) is 0.305. The van der Waals surface area contributed by atoms with Crippen LogP contribution in [-0.4, -0.2) is 104 Å². The van der Waals surface area contributed by atoms with Gasteiger partial charge in [-0.1, -0.05) is 19.1 Å². The van der Waals surface area contributed by atoms with Crippen LogP contribution in [0.2, 0.25) is 0 Å². The number of aliphatic hydroxyl groups excluding tert-OH is 1. The van der Waals surface area contributed by atoms with Gasteiger partial charge in [0.15, 0.2) is 0 Å². The van der Waals surface area contributed by atoms with E-state index in [1.807, 2.05) is 44.8 Å². The highest BCUT2D eigenvalue weighted by molar-refractivity contribution is 5.99. The number of benzene rings is 2. The van der Waals surface area contributed by atoms with Crippen molar-refractivity contribution in [2.75, 3.05) is 59.3 Å². The van der Waals surface area contributed by atoms with Crippen LogP contribution >= 0.6 is 0 Å². The van der Waals surface area contributed by atoms with E-state index in [4.69, 9.17) is 9.47 Å². The first-order chi connectivity index (χ1) is 22.7. The highest BCUT2D eigenvalue weighted by Crippen LogP contribution is 2.30. The zero-order valence-corrected chi connectivity index (χ0v) is 29.2. The van der Waals surface area contributed by atoms with E-state index in [2.05, 4.69) is 5.32 Å². The molecule has 268 valence electrons. The van der Waals surface area contributed by atoms with Crippen molar-refractivity contribution in [2.45, 2.75) is 83.8 Å². The normalized spacial score (nSPS) is 20.6. The van der Waals surface area contributed by atoms with Crippen LogP contribution in [-0.2, 0) is 22.3 Å². The Balaban J connectivity index is 1.85. The largest absolute Gasteiger partial charge is 0.490 e. The maximum absolute atomic E-state index is 14.3. The number of ether oxygens (including phenoxy) is 2. The number of amides is 2. The molecule has 4 atom stereocenters. The fraction of sp³-hybridized carbons (Fsp3) is 0.611. The summed E-state index contributed by atoms with van der Waals surface area (Å²) in [4.78, 5) is 32.6. The van der Waals surface area contributed by atoms with Crippen molar-refractivity contribution in [2.24, 2.45) is 5.92 Å². The molecule has 3 rings (SSSR count). The fourth-order valence-corrected chi connectivity index (χ4v) is 5.72. The lowest BCUT2D eigenvalue weighted by Crippen LogP contribution is -2.47. The van der Waals surface area contributed by atoms with Crippen LogP contribution in [0, 0.1) is 5.92 Å². The van der Waals surface area contributed by atoms with Crippen LogP contribution in [0.5, 0.6) is 5.75 Å². The third-order valence-electron chi connectivity index (χ3n) is 8.57. The average molecular weight is 679 g/mol. The van der Waals surface area contributed by atoms with E-state index in [0.717, 1.165) is 43.5 Å². The van der Waals surface area contributed by atoms with Crippen molar-refractivity contribution in [3.63, 3.8) is 0 Å². The molecule has 0 aromatic heterocycles. The lowest BCUT2D eigenvalue weighted by Gasteiger charge is -2.36. The van der Waals surface area contributed by atoms with Gasteiger partial charge in [0.05, 0.1) is 36.0 Å². The first-order valence-electron chi connectivity index (χ1n) is 16.8. The molecule has 1 heterocycles. The molecule has 0 spiro atoms. The summed E-state index contributed by atoms with van der Waals surface area (Å²) in [6.07, 6.45) is -1.43. The van der Waals surface area contributed by atoms with E-state index in [0.29, 0.717) is 49.5 Å². The summed E-state index contributed by atoms with van der Waals surface area (Å²) in [7, 11) is 5.80. The molecule has 12 heteroatoms. The molecule has 0 radical (unpaired) electrons. The van der Waals surface area contributed by atoms with Crippen molar-refractivity contribution >= 4 is 17.5 Å². The first kappa shape index (κ1) is 39.3. The summed E-state index contributed by atoms with van der Waals surface area (Å²) in [5.74, 6) is -0.219. The van der Waals surface area contributed by atoms with E-state index in [1.54, 1.807) is 30.0 Å². The molecule has 1 aliphatic rings. The summed E-state index contributed by atoms with van der Waals surface area (Å²) < 4.78 is 51.8. The Morgan fingerprint density at radius 2 is 1.81 bits per heavy atom. The second kappa shape index (κ2) is 18.5. The van der Waals surface area contributed by atoms with Crippen molar-refractivity contribution < 1.29 is 37.3 Å². The number of anilines is 1. The number of fused-ring (bicyclic) bond motifs is 1. The predicted molar refractivity (Wildman–Crippen MR) is 181 cm³/mol. The molecule has 48 heavy (non-hydrogen) atoms. The van der Waals surface area contributed by atoms with Crippen LogP contribution in [0.25, 0.3) is 0 Å². The number of halogens is 3. The Morgan fingerprint density at radius 3 is 2.46 bits per heavy atom. The van der Waals surface area contributed by atoms with Crippen LogP contribution in [0.1, 0.15) is 74.4 Å². The van der Waals surface area contributed by atoms with E-state index < -0.39 is 17.8 Å². The van der Waals surface area contributed by atoms with Gasteiger partial charge in [-0.05, 0) is 103 Å². The van der Waals surface area contributed by atoms with Gasteiger partial charge in [0.1, 0.15) is 5.75 Å². The monoisotopic (exact) mass is 678 g/mol. The van der Waals surface area contributed by atoms with Crippen LogP contribution in [0.15, 0.2) is 42.5 Å². The highest BCUT2D eigenvalue weighted by Gasteiger charge is 2.31. The Morgan fingerprint density at radius 1 is 1.10 bits per heavy atom. The Kier molecular flexibility index (Phi) is 15.2. The highest BCUT2D eigenvalue weighted by atomic mass is 19.4. The number of nitrogens with zero attached hydrogens (tertiary/aromatic N) is 3.